The minimum absolute atomic E-state index is 0.128. The summed E-state index contributed by atoms with van der Waals surface area (Å²) >= 11 is 6.05. The number of halogens is 1. The maximum Gasteiger partial charge on any atom is 0.287 e. The molecular formula is C15H21ClN6O. The molecule has 2 aromatic heterocycles. The molecule has 2 aromatic rings. The lowest BCUT2D eigenvalue weighted by Crippen LogP contribution is -2.32. The molecule has 0 aromatic carbocycles. The van der Waals surface area contributed by atoms with E-state index in [1.54, 1.807) is 13.2 Å². The molecule has 3 rings (SSSR count). The van der Waals surface area contributed by atoms with Crippen LogP contribution in [-0.2, 0) is 13.6 Å². The molecule has 23 heavy (non-hydrogen) atoms. The van der Waals surface area contributed by atoms with E-state index >= 15 is 0 Å². The van der Waals surface area contributed by atoms with Crippen LogP contribution in [0.5, 0.6) is 0 Å². The highest BCUT2D eigenvalue weighted by Crippen LogP contribution is 2.20. The van der Waals surface area contributed by atoms with E-state index in [9.17, 15) is 4.79 Å². The quantitative estimate of drug-likeness (QED) is 0.902. The molecular weight excluding hydrogens is 316 g/mol. The van der Waals surface area contributed by atoms with Crippen molar-refractivity contribution >= 4 is 23.0 Å². The number of hydrogen-bond donors (Lipinski definition) is 1. The molecule has 124 valence electrons. The second kappa shape index (κ2) is 7.14. The monoisotopic (exact) mass is 336 g/mol. The van der Waals surface area contributed by atoms with Gasteiger partial charge in [-0.15, -0.1) is 0 Å². The molecule has 1 aliphatic heterocycles. The van der Waals surface area contributed by atoms with E-state index in [0.29, 0.717) is 5.69 Å². The van der Waals surface area contributed by atoms with Gasteiger partial charge in [-0.25, -0.2) is 4.68 Å². The zero-order valence-corrected chi connectivity index (χ0v) is 14.0. The predicted molar refractivity (Wildman–Crippen MR) is 90.3 cm³/mol. The van der Waals surface area contributed by atoms with Crippen molar-refractivity contribution in [3.05, 3.63) is 34.0 Å². The molecule has 1 fully saturated rings. The Morgan fingerprint density at radius 2 is 1.96 bits per heavy atom. The summed E-state index contributed by atoms with van der Waals surface area (Å²) in [5.41, 5.74) is 0.958. The molecule has 0 amide bonds. The first-order valence-corrected chi connectivity index (χ1v) is 8.25. The van der Waals surface area contributed by atoms with Crippen LogP contribution < -0.4 is 10.9 Å². The van der Waals surface area contributed by atoms with E-state index in [0.717, 1.165) is 18.8 Å². The molecule has 1 saturated heterocycles. The maximum absolute atomic E-state index is 11.8. The lowest BCUT2D eigenvalue weighted by atomic mass is 10.1. The Morgan fingerprint density at radius 1 is 1.17 bits per heavy atom. The number of anilines is 2. The molecule has 0 spiro atoms. The zero-order valence-electron chi connectivity index (χ0n) is 13.2. The van der Waals surface area contributed by atoms with Gasteiger partial charge in [0, 0.05) is 19.8 Å². The molecule has 0 bridgehead atoms. The van der Waals surface area contributed by atoms with E-state index in [4.69, 9.17) is 11.6 Å². The van der Waals surface area contributed by atoms with Gasteiger partial charge in [0.15, 0.2) is 0 Å². The van der Waals surface area contributed by atoms with Gasteiger partial charge in [0.1, 0.15) is 5.02 Å². The van der Waals surface area contributed by atoms with Crippen LogP contribution in [0, 0.1) is 0 Å². The highest BCUT2D eigenvalue weighted by atomic mass is 35.5. The minimum atomic E-state index is -0.325. The number of nitrogens with one attached hydrogen (secondary N) is 1. The average molecular weight is 337 g/mol. The van der Waals surface area contributed by atoms with E-state index in [2.05, 4.69) is 20.4 Å². The van der Waals surface area contributed by atoms with Gasteiger partial charge in [-0.2, -0.15) is 10.2 Å². The highest BCUT2D eigenvalue weighted by molar-refractivity contribution is 6.33. The first-order chi connectivity index (χ1) is 11.1. The van der Waals surface area contributed by atoms with Gasteiger partial charge in [-0.1, -0.05) is 18.0 Å². The molecule has 0 unspecified atom stereocenters. The Bertz CT molecular complexity index is 719. The van der Waals surface area contributed by atoms with Gasteiger partial charge < -0.3 is 10.2 Å². The molecule has 7 nitrogen and oxygen atoms in total. The number of piperidine rings is 1. The summed E-state index contributed by atoms with van der Waals surface area (Å²) < 4.78 is 3.11. The van der Waals surface area contributed by atoms with Crippen LogP contribution in [0.3, 0.4) is 0 Å². The Morgan fingerprint density at radius 3 is 2.74 bits per heavy atom. The minimum Gasteiger partial charge on any atom is -0.350 e. The Labute approximate surface area is 139 Å². The third kappa shape index (κ3) is 3.92. The number of aromatic nitrogens is 4. The lowest BCUT2D eigenvalue weighted by molar-refractivity contribution is 0.218. The average Bonchev–Trinajstić information content (AvgIpc) is 3.02. The van der Waals surface area contributed by atoms with Crippen molar-refractivity contribution in [1.29, 1.82) is 0 Å². The van der Waals surface area contributed by atoms with Crippen LogP contribution in [0.15, 0.2) is 23.4 Å². The summed E-state index contributed by atoms with van der Waals surface area (Å²) in [6, 6.07) is 0. The van der Waals surface area contributed by atoms with Crippen molar-refractivity contribution in [3.8, 4) is 0 Å². The fraction of sp³-hybridized carbons (Fsp3) is 0.533. The lowest BCUT2D eigenvalue weighted by Gasteiger charge is -2.26. The zero-order chi connectivity index (χ0) is 16.2. The summed E-state index contributed by atoms with van der Waals surface area (Å²) in [6.07, 6.45) is 9.11. The fourth-order valence-corrected chi connectivity index (χ4v) is 2.95. The van der Waals surface area contributed by atoms with E-state index in [1.165, 1.54) is 43.2 Å². The summed E-state index contributed by atoms with van der Waals surface area (Å²) in [5.74, 6) is 0. The molecule has 0 radical (unpaired) electrons. The third-order valence-electron chi connectivity index (χ3n) is 4.08. The van der Waals surface area contributed by atoms with Gasteiger partial charge in [-0.3, -0.25) is 9.48 Å². The number of aryl methyl sites for hydroxylation is 1. The largest absolute Gasteiger partial charge is 0.350 e. The summed E-state index contributed by atoms with van der Waals surface area (Å²) in [6.45, 7) is 4.22. The second-order valence-electron chi connectivity index (χ2n) is 5.82. The van der Waals surface area contributed by atoms with Crippen molar-refractivity contribution < 1.29 is 0 Å². The smallest absolute Gasteiger partial charge is 0.287 e. The van der Waals surface area contributed by atoms with Crippen LogP contribution >= 0.6 is 11.6 Å². The SMILES string of the molecule is Cn1ncc(Nc2cnn(CCN3CCCCC3)c2)c(Cl)c1=O. The summed E-state index contributed by atoms with van der Waals surface area (Å²) in [4.78, 5) is 14.2. The van der Waals surface area contributed by atoms with Crippen molar-refractivity contribution in [2.45, 2.75) is 25.8 Å². The molecule has 1 N–H and O–H groups in total. The number of rotatable bonds is 5. The van der Waals surface area contributed by atoms with Crippen molar-refractivity contribution in [2.75, 3.05) is 25.0 Å². The standard InChI is InChI=1S/C15H21ClN6O/c1-20-15(23)14(16)13(10-17-20)19-12-9-18-22(11-12)8-7-21-5-3-2-4-6-21/h9-11,19H,2-8H2,1H3. The van der Waals surface area contributed by atoms with Crippen LogP contribution in [0.2, 0.25) is 5.02 Å². The fourth-order valence-electron chi connectivity index (χ4n) is 2.73. The molecule has 0 saturated carbocycles. The number of hydrogen-bond acceptors (Lipinski definition) is 5. The first-order valence-electron chi connectivity index (χ1n) is 7.87. The van der Waals surface area contributed by atoms with Crippen LogP contribution in [0.1, 0.15) is 19.3 Å². The van der Waals surface area contributed by atoms with E-state index in [1.807, 2.05) is 10.9 Å². The number of likely N-dealkylation sites (tertiary alicyclic amines) is 1. The number of nitrogens with zero attached hydrogens (tertiary/aromatic N) is 5. The third-order valence-corrected chi connectivity index (χ3v) is 4.45. The Balaban J connectivity index is 1.61. The Hall–Kier alpha value is -1.86. The predicted octanol–water partition coefficient (Wildman–Crippen LogP) is 1.86. The topological polar surface area (TPSA) is 68.0 Å². The van der Waals surface area contributed by atoms with E-state index < -0.39 is 0 Å². The van der Waals surface area contributed by atoms with Gasteiger partial charge >= 0.3 is 0 Å². The maximum atomic E-state index is 11.8. The van der Waals surface area contributed by atoms with Crippen molar-refractivity contribution in [2.24, 2.45) is 7.05 Å². The normalized spacial score (nSPS) is 15.7. The summed E-state index contributed by atoms with van der Waals surface area (Å²) in [5, 5.41) is 11.5. The van der Waals surface area contributed by atoms with Gasteiger partial charge in [0.25, 0.3) is 5.56 Å². The van der Waals surface area contributed by atoms with Crippen molar-refractivity contribution in [3.63, 3.8) is 0 Å². The van der Waals surface area contributed by atoms with Gasteiger partial charge in [-0.05, 0) is 25.9 Å². The van der Waals surface area contributed by atoms with Gasteiger partial charge in [0.2, 0.25) is 0 Å². The Kier molecular flexibility index (Phi) is 4.97. The molecule has 0 atom stereocenters. The second-order valence-corrected chi connectivity index (χ2v) is 6.20. The molecule has 0 aliphatic carbocycles. The van der Waals surface area contributed by atoms with Crippen LogP contribution in [0.25, 0.3) is 0 Å². The first kappa shape index (κ1) is 16.0. The van der Waals surface area contributed by atoms with Gasteiger partial charge in [0.05, 0.1) is 30.3 Å². The molecule has 8 heteroatoms. The summed E-state index contributed by atoms with van der Waals surface area (Å²) in [7, 11) is 1.57. The highest BCUT2D eigenvalue weighted by Gasteiger charge is 2.11. The molecule has 3 heterocycles. The molecule has 1 aliphatic rings. The van der Waals surface area contributed by atoms with Crippen LogP contribution in [0.4, 0.5) is 11.4 Å². The van der Waals surface area contributed by atoms with E-state index in [-0.39, 0.29) is 10.6 Å². The van der Waals surface area contributed by atoms with Crippen molar-refractivity contribution in [1.82, 2.24) is 24.5 Å². The van der Waals surface area contributed by atoms with Crippen LogP contribution in [-0.4, -0.2) is 44.1 Å².